The number of hydrogen-bond donors (Lipinski definition) is 3. The number of amides is 1. The monoisotopic (exact) mass is 433 g/mol. The zero-order valence-corrected chi connectivity index (χ0v) is 18.2. The van der Waals surface area contributed by atoms with Crippen molar-refractivity contribution in [3.8, 4) is 0 Å². The van der Waals surface area contributed by atoms with Gasteiger partial charge in [0.15, 0.2) is 0 Å². The molecule has 0 bridgehead atoms. The van der Waals surface area contributed by atoms with Crippen molar-refractivity contribution in [2.45, 2.75) is 45.7 Å². The van der Waals surface area contributed by atoms with Crippen LogP contribution in [0.1, 0.15) is 45.0 Å². The molecular formula is C24H27N5O3. The molecule has 0 aliphatic carbocycles. The minimum Gasteiger partial charge on any atom is -0.346 e. The van der Waals surface area contributed by atoms with Gasteiger partial charge in [-0.15, -0.1) is 0 Å². The fraction of sp³-hybridized carbons (Fsp3) is 0.333. The lowest BCUT2D eigenvalue weighted by Crippen LogP contribution is -2.36. The van der Waals surface area contributed by atoms with Gasteiger partial charge < -0.3 is 15.3 Å². The van der Waals surface area contributed by atoms with E-state index in [9.17, 15) is 14.4 Å². The van der Waals surface area contributed by atoms with E-state index in [0.717, 1.165) is 27.8 Å². The molecule has 0 spiro atoms. The molecule has 4 rings (SSSR count). The summed E-state index contributed by atoms with van der Waals surface area (Å²) >= 11 is 0. The van der Waals surface area contributed by atoms with E-state index in [0.29, 0.717) is 17.3 Å². The molecule has 32 heavy (non-hydrogen) atoms. The van der Waals surface area contributed by atoms with E-state index < -0.39 is 5.69 Å². The van der Waals surface area contributed by atoms with E-state index in [-0.39, 0.29) is 36.4 Å². The van der Waals surface area contributed by atoms with E-state index in [4.69, 9.17) is 0 Å². The zero-order valence-electron chi connectivity index (χ0n) is 18.2. The van der Waals surface area contributed by atoms with Crippen LogP contribution in [0.25, 0.3) is 21.9 Å². The molecule has 4 aromatic rings. The summed E-state index contributed by atoms with van der Waals surface area (Å²) in [5, 5.41) is 3.54. The molecule has 0 radical (unpaired) electrons. The molecule has 3 N–H and O–H groups in total. The number of nitrogens with zero attached hydrogens (tertiary/aromatic N) is 2. The number of fused-ring (bicyclic) bond motifs is 2. The summed E-state index contributed by atoms with van der Waals surface area (Å²) in [5.41, 5.74) is 1.50. The number of aromatic nitrogens is 4. The van der Waals surface area contributed by atoms with Gasteiger partial charge in [-0.3, -0.25) is 14.2 Å². The van der Waals surface area contributed by atoms with Crippen LogP contribution < -0.4 is 16.6 Å². The number of aromatic amines is 2. The Bertz CT molecular complexity index is 1330. The molecule has 166 valence electrons. The molecule has 0 aliphatic rings. The van der Waals surface area contributed by atoms with Crippen LogP contribution in [0, 0.1) is 5.92 Å². The number of rotatable bonds is 8. The highest BCUT2D eigenvalue weighted by Gasteiger charge is 2.23. The lowest BCUT2D eigenvalue weighted by Gasteiger charge is -2.22. The summed E-state index contributed by atoms with van der Waals surface area (Å²) in [7, 11) is 0. The molecule has 8 heteroatoms. The maximum atomic E-state index is 12.7. The number of H-pyrrole nitrogens is 2. The third-order valence-corrected chi connectivity index (χ3v) is 5.91. The van der Waals surface area contributed by atoms with Gasteiger partial charge in [0.25, 0.3) is 5.56 Å². The Morgan fingerprint density at radius 1 is 1.06 bits per heavy atom. The molecule has 2 heterocycles. The van der Waals surface area contributed by atoms with Gasteiger partial charge in [0.2, 0.25) is 5.91 Å². The summed E-state index contributed by atoms with van der Waals surface area (Å²) < 4.78 is 1.15. The van der Waals surface area contributed by atoms with Crippen molar-refractivity contribution in [1.29, 1.82) is 0 Å². The van der Waals surface area contributed by atoms with Gasteiger partial charge in [-0.1, -0.05) is 44.5 Å². The number of imidazole rings is 1. The molecular weight excluding hydrogens is 406 g/mol. The second-order valence-electron chi connectivity index (χ2n) is 8.11. The smallest absolute Gasteiger partial charge is 0.328 e. The van der Waals surface area contributed by atoms with Gasteiger partial charge >= 0.3 is 5.69 Å². The van der Waals surface area contributed by atoms with Gasteiger partial charge in [-0.05, 0) is 36.6 Å². The molecule has 0 fully saturated rings. The first-order chi connectivity index (χ1) is 15.5. The maximum absolute atomic E-state index is 12.7. The fourth-order valence-corrected chi connectivity index (χ4v) is 3.88. The Balaban J connectivity index is 1.45. The van der Waals surface area contributed by atoms with Crippen LogP contribution in [0.3, 0.4) is 0 Å². The van der Waals surface area contributed by atoms with Crippen LogP contribution in [0.2, 0.25) is 0 Å². The highest BCUT2D eigenvalue weighted by Crippen LogP contribution is 2.24. The van der Waals surface area contributed by atoms with Crippen LogP contribution in [-0.4, -0.2) is 25.4 Å². The maximum Gasteiger partial charge on any atom is 0.328 e. The minimum absolute atomic E-state index is 0.138. The summed E-state index contributed by atoms with van der Waals surface area (Å²) in [5.74, 6) is 0.780. The number of hydrogen-bond acceptors (Lipinski definition) is 4. The summed E-state index contributed by atoms with van der Waals surface area (Å²) in [4.78, 5) is 48.3. The average molecular weight is 434 g/mol. The van der Waals surface area contributed by atoms with Crippen molar-refractivity contribution in [3.05, 3.63) is 75.2 Å². The van der Waals surface area contributed by atoms with Crippen molar-refractivity contribution in [2.24, 2.45) is 5.92 Å². The van der Waals surface area contributed by atoms with Crippen LogP contribution >= 0.6 is 0 Å². The first-order valence-corrected chi connectivity index (χ1v) is 10.9. The van der Waals surface area contributed by atoms with Gasteiger partial charge in [0, 0.05) is 13.0 Å². The van der Waals surface area contributed by atoms with E-state index in [1.54, 1.807) is 24.3 Å². The number of benzene rings is 2. The molecule has 1 amide bonds. The van der Waals surface area contributed by atoms with Crippen molar-refractivity contribution < 1.29 is 4.79 Å². The van der Waals surface area contributed by atoms with Gasteiger partial charge in [0.05, 0.1) is 28.0 Å². The Hall–Kier alpha value is -3.68. The van der Waals surface area contributed by atoms with E-state index in [1.807, 2.05) is 24.3 Å². The predicted molar refractivity (Wildman–Crippen MR) is 124 cm³/mol. The van der Waals surface area contributed by atoms with Gasteiger partial charge in [-0.25, -0.2) is 9.78 Å². The summed E-state index contributed by atoms with van der Waals surface area (Å²) in [6.07, 6.45) is 1.45. The van der Waals surface area contributed by atoms with E-state index >= 15 is 0 Å². The third kappa shape index (κ3) is 4.34. The van der Waals surface area contributed by atoms with Gasteiger partial charge in [-0.2, -0.15) is 0 Å². The predicted octanol–water partition coefficient (Wildman–Crippen LogP) is 3.25. The lowest BCUT2D eigenvalue weighted by molar-refractivity contribution is -0.122. The number of carbonyl (C=O) groups excluding carboxylic acids is 1. The first kappa shape index (κ1) is 21.5. The molecule has 2 atom stereocenters. The van der Waals surface area contributed by atoms with Crippen molar-refractivity contribution in [1.82, 2.24) is 24.8 Å². The highest BCUT2D eigenvalue weighted by molar-refractivity contribution is 5.78. The molecule has 8 nitrogen and oxygen atoms in total. The number of carbonyl (C=O) groups is 1. The molecule has 1 unspecified atom stereocenters. The minimum atomic E-state index is -0.464. The molecule has 0 aliphatic heterocycles. The van der Waals surface area contributed by atoms with Crippen molar-refractivity contribution in [2.75, 3.05) is 0 Å². The Morgan fingerprint density at radius 3 is 2.53 bits per heavy atom. The van der Waals surface area contributed by atoms with E-state index in [1.165, 1.54) is 0 Å². The average Bonchev–Trinajstić information content (AvgIpc) is 3.23. The third-order valence-electron chi connectivity index (χ3n) is 5.91. The summed E-state index contributed by atoms with van der Waals surface area (Å²) in [6.45, 7) is 4.32. The lowest BCUT2D eigenvalue weighted by atomic mass is 9.98. The Morgan fingerprint density at radius 2 is 1.78 bits per heavy atom. The molecule has 0 saturated carbocycles. The SMILES string of the molecule is CCC(C)[C@H](NC(=O)CCCn1c(=O)[nH]c2ccccc2c1=O)c1nc2ccccc2[nH]1. The van der Waals surface area contributed by atoms with Crippen LogP contribution in [-0.2, 0) is 11.3 Å². The Labute approximate surface area is 184 Å². The molecule has 0 saturated heterocycles. The van der Waals surface area contributed by atoms with Crippen molar-refractivity contribution in [3.63, 3.8) is 0 Å². The quantitative estimate of drug-likeness (QED) is 0.396. The van der Waals surface area contributed by atoms with Crippen molar-refractivity contribution >= 4 is 27.8 Å². The zero-order chi connectivity index (χ0) is 22.7. The summed E-state index contributed by atoms with van der Waals surface area (Å²) in [6, 6.07) is 14.4. The van der Waals surface area contributed by atoms with Crippen LogP contribution in [0.5, 0.6) is 0 Å². The van der Waals surface area contributed by atoms with E-state index in [2.05, 4.69) is 34.1 Å². The van der Waals surface area contributed by atoms with Crippen LogP contribution in [0.4, 0.5) is 0 Å². The topological polar surface area (TPSA) is 113 Å². The highest BCUT2D eigenvalue weighted by atomic mass is 16.2. The fourth-order valence-electron chi connectivity index (χ4n) is 3.88. The van der Waals surface area contributed by atoms with Gasteiger partial charge in [0.1, 0.15) is 5.82 Å². The van der Waals surface area contributed by atoms with Crippen LogP contribution in [0.15, 0.2) is 58.1 Å². The number of nitrogens with one attached hydrogen (secondary N) is 3. The molecule has 2 aromatic heterocycles. The molecule has 2 aromatic carbocycles. The largest absolute Gasteiger partial charge is 0.346 e. The number of para-hydroxylation sites is 3. The first-order valence-electron chi connectivity index (χ1n) is 10.9. The Kier molecular flexibility index (Phi) is 6.20. The normalized spacial score (nSPS) is 13.3. The second kappa shape index (κ2) is 9.21. The standard InChI is InChI=1S/C24H27N5O3/c1-3-15(2)21(22-25-18-11-6-7-12-19(18)26-22)28-20(30)13-8-14-29-23(31)16-9-4-5-10-17(16)27-24(29)32/h4-7,9-12,15,21H,3,8,13-14H2,1-2H3,(H,25,26)(H,27,32)(H,28,30)/t15?,21-/m0/s1. The second-order valence-corrected chi connectivity index (χ2v) is 8.11.